The van der Waals surface area contributed by atoms with Crippen LogP contribution in [0.15, 0.2) is 10.8 Å². The predicted octanol–water partition coefficient (Wildman–Crippen LogP) is 2.50. The summed E-state index contributed by atoms with van der Waals surface area (Å²) in [5, 5.41) is 7.69. The van der Waals surface area contributed by atoms with Gasteiger partial charge in [0.1, 0.15) is 0 Å². The van der Waals surface area contributed by atoms with E-state index in [9.17, 15) is 4.79 Å². The molecule has 0 aliphatic carbocycles. The average molecular weight is 252 g/mol. The number of hydrogen-bond donors (Lipinski definition) is 1. The Morgan fingerprint density at radius 2 is 2.12 bits per heavy atom. The smallest absolute Gasteiger partial charge is 0.241 e. The van der Waals surface area contributed by atoms with Crippen LogP contribution in [0.25, 0.3) is 0 Å². The number of aryl methyl sites for hydroxylation is 1. The maximum absolute atomic E-state index is 12.2. The molecule has 1 saturated heterocycles. The van der Waals surface area contributed by atoms with Crippen LogP contribution in [0.2, 0.25) is 0 Å². The Bertz CT molecular complexity index is 402. The molecule has 1 aliphatic heterocycles. The van der Waals surface area contributed by atoms with E-state index in [0.29, 0.717) is 0 Å². The normalized spacial score (nSPS) is 24.6. The summed E-state index contributed by atoms with van der Waals surface area (Å²) in [6.45, 7) is 7.03. The van der Waals surface area contributed by atoms with E-state index in [1.165, 1.54) is 11.1 Å². The van der Waals surface area contributed by atoms with Gasteiger partial charge in [-0.2, -0.15) is 11.3 Å². The largest absolute Gasteiger partial charge is 0.321 e. The molecule has 1 aromatic rings. The van der Waals surface area contributed by atoms with Crippen LogP contribution in [-0.2, 0) is 11.3 Å². The van der Waals surface area contributed by atoms with Crippen molar-refractivity contribution >= 4 is 17.2 Å². The summed E-state index contributed by atoms with van der Waals surface area (Å²) < 4.78 is 0. The average Bonchev–Trinajstić information content (AvgIpc) is 2.86. The van der Waals surface area contributed by atoms with Crippen LogP contribution in [-0.4, -0.2) is 23.0 Å². The van der Waals surface area contributed by atoms with Crippen molar-refractivity contribution < 1.29 is 4.79 Å². The Hall–Kier alpha value is -0.870. The molecule has 3 nitrogen and oxygen atoms in total. The SMILES string of the molecule is CCC1NC(CC)N(Cc2cscc2C)C1=O. The summed E-state index contributed by atoms with van der Waals surface area (Å²) in [5.41, 5.74) is 2.57. The third kappa shape index (κ3) is 2.38. The van der Waals surface area contributed by atoms with E-state index in [-0.39, 0.29) is 18.1 Å². The zero-order valence-corrected chi connectivity index (χ0v) is 11.5. The second kappa shape index (κ2) is 5.19. The minimum Gasteiger partial charge on any atom is -0.321 e. The van der Waals surface area contributed by atoms with Crippen LogP contribution >= 0.6 is 11.3 Å². The van der Waals surface area contributed by atoms with Crippen molar-refractivity contribution in [3.8, 4) is 0 Å². The van der Waals surface area contributed by atoms with Gasteiger partial charge in [-0.25, -0.2) is 0 Å². The number of rotatable bonds is 4. The van der Waals surface area contributed by atoms with Gasteiger partial charge in [-0.3, -0.25) is 10.1 Å². The first-order valence-electron chi connectivity index (χ1n) is 6.25. The number of amides is 1. The van der Waals surface area contributed by atoms with E-state index >= 15 is 0 Å². The molecule has 94 valence electrons. The maximum Gasteiger partial charge on any atom is 0.241 e. The molecule has 0 bridgehead atoms. The lowest BCUT2D eigenvalue weighted by molar-refractivity contribution is -0.130. The third-order valence-corrected chi connectivity index (χ3v) is 4.36. The van der Waals surface area contributed by atoms with E-state index in [4.69, 9.17) is 0 Å². The zero-order chi connectivity index (χ0) is 12.4. The summed E-state index contributed by atoms with van der Waals surface area (Å²) in [6.07, 6.45) is 2.03. The first-order chi connectivity index (χ1) is 8.17. The van der Waals surface area contributed by atoms with Gasteiger partial charge in [0, 0.05) is 6.54 Å². The molecule has 0 saturated carbocycles. The molecule has 4 heteroatoms. The molecule has 0 spiro atoms. The molecular formula is C13H20N2OS. The van der Waals surface area contributed by atoms with Crippen molar-refractivity contribution in [2.75, 3.05) is 0 Å². The summed E-state index contributed by atoms with van der Waals surface area (Å²) in [7, 11) is 0. The highest BCUT2D eigenvalue weighted by Crippen LogP contribution is 2.22. The first kappa shape index (κ1) is 12.6. The number of nitrogens with one attached hydrogen (secondary N) is 1. The van der Waals surface area contributed by atoms with Crippen molar-refractivity contribution in [1.82, 2.24) is 10.2 Å². The zero-order valence-electron chi connectivity index (χ0n) is 10.7. The third-order valence-electron chi connectivity index (χ3n) is 3.45. The van der Waals surface area contributed by atoms with Gasteiger partial charge in [0.15, 0.2) is 0 Å². The minimum absolute atomic E-state index is 0.0129. The maximum atomic E-state index is 12.2. The Kier molecular flexibility index (Phi) is 3.84. The molecule has 1 aliphatic rings. The van der Waals surface area contributed by atoms with Crippen molar-refractivity contribution in [3.63, 3.8) is 0 Å². The molecule has 0 aromatic carbocycles. The van der Waals surface area contributed by atoms with Gasteiger partial charge < -0.3 is 4.90 Å². The van der Waals surface area contributed by atoms with Crippen LogP contribution in [0.5, 0.6) is 0 Å². The number of hydrogen-bond acceptors (Lipinski definition) is 3. The Morgan fingerprint density at radius 3 is 2.65 bits per heavy atom. The molecule has 2 unspecified atom stereocenters. The molecule has 0 radical (unpaired) electrons. The minimum atomic E-state index is 0.0129. The molecule has 1 fully saturated rings. The first-order valence-corrected chi connectivity index (χ1v) is 7.19. The van der Waals surface area contributed by atoms with Crippen LogP contribution in [0.4, 0.5) is 0 Å². The second-order valence-electron chi connectivity index (χ2n) is 4.60. The topological polar surface area (TPSA) is 32.3 Å². The molecule has 1 amide bonds. The fraction of sp³-hybridized carbons (Fsp3) is 0.615. The van der Waals surface area contributed by atoms with Gasteiger partial charge in [0.25, 0.3) is 0 Å². The van der Waals surface area contributed by atoms with Gasteiger partial charge in [-0.15, -0.1) is 0 Å². The highest BCUT2D eigenvalue weighted by molar-refractivity contribution is 7.08. The number of nitrogens with zero attached hydrogens (tertiary/aromatic N) is 1. The fourth-order valence-electron chi connectivity index (χ4n) is 2.30. The molecule has 2 rings (SSSR count). The van der Waals surface area contributed by atoms with Gasteiger partial charge in [-0.05, 0) is 41.7 Å². The van der Waals surface area contributed by atoms with E-state index in [1.807, 2.05) is 4.90 Å². The monoisotopic (exact) mass is 252 g/mol. The van der Waals surface area contributed by atoms with E-state index in [2.05, 4.69) is 36.8 Å². The van der Waals surface area contributed by atoms with Crippen molar-refractivity contribution in [2.45, 2.75) is 52.4 Å². The van der Waals surface area contributed by atoms with Crippen molar-refractivity contribution in [2.24, 2.45) is 0 Å². The Balaban J connectivity index is 2.13. The number of thiophene rings is 1. The summed E-state index contributed by atoms with van der Waals surface area (Å²) in [4.78, 5) is 14.2. The molecule has 17 heavy (non-hydrogen) atoms. The highest BCUT2D eigenvalue weighted by Gasteiger charge is 2.36. The van der Waals surface area contributed by atoms with E-state index in [1.54, 1.807) is 11.3 Å². The molecule has 2 atom stereocenters. The fourth-order valence-corrected chi connectivity index (χ4v) is 3.15. The van der Waals surface area contributed by atoms with Crippen LogP contribution in [0, 0.1) is 6.92 Å². The van der Waals surface area contributed by atoms with Gasteiger partial charge in [0.05, 0.1) is 12.2 Å². The quantitative estimate of drug-likeness (QED) is 0.893. The van der Waals surface area contributed by atoms with Crippen LogP contribution in [0.1, 0.15) is 37.8 Å². The lowest BCUT2D eigenvalue weighted by Gasteiger charge is -2.23. The Labute approximate surface area is 107 Å². The highest BCUT2D eigenvalue weighted by atomic mass is 32.1. The Morgan fingerprint density at radius 1 is 1.35 bits per heavy atom. The number of carbonyl (C=O) groups is 1. The van der Waals surface area contributed by atoms with Crippen molar-refractivity contribution in [1.29, 1.82) is 0 Å². The van der Waals surface area contributed by atoms with E-state index < -0.39 is 0 Å². The summed E-state index contributed by atoms with van der Waals surface area (Å²) in [5.74, 6) is 0.255. The lowest BCUT2D eigenvalue weighted by atomic mass is 10.2. The molecule has 1 aromatic heterocycles. The summed E-state index contributed by atoms with van der Waals surface area (Å²) >= 11 is 1.71. The predicted molar refractivity (Wildman–Crippen MR) is 70.9 cm³/mol. The van der Waals surface area contributed by atoms with Crippen LogP contribution < -0.4 is 5.32 Å². The summed E-state index contributed by atoms with van der Waals surface area (Å²) in [6, 6.07) is 0.0129. The molecule has 2 heterocycles. The van der Waals surface area contributed by atoms with E-state index in [0.717, 1.165) is 19.4 Å². The van der Waals surface area contributed by atoms with Gasteiger partial charge >= 0.3 is 0 Å². The van der Waals surface area contributed by atoms with Gasteiger partial charge in [0.2, 0.25) is 5.91 Å². The van der Waals surface area contributed by atoms with Gasteiger partial charge in [-0.1, -0.05) is 13.8 Å². The second-order valence-corrected chi connectivity index (χ2v) is 5.34. The van der Waals surface area contributed by atoms with Crippen molar-refractivity contribution in [3.05, 3.63) is 21.9 Å². The van der Waals surface area contributed by atoms with Crippen LogP contribution in [0.3, 0.4) is 0 Å². The molecular weight excluding hydrogens is 232 g/mol. The lowest BCUT2D eigenvalue weighted by Crippen LogP contribution is -2.36. The number of carbonyl (C=O) groups excluding carboxylic acids is 1. The molecule has 1 N–H and O–H groups in total. The standard InChI is InChI=1S/C13H20N2OS/c1-4-11-13(16)15(12(5-2)14-11)6-10-8-17-7-9(10)3/h7-8,11-12,14H,4-6H2,1-3H3.